The van der Waals surface area contributed by atoms with Crippen LogP contribution in [0.25, 0.3) is 119 Å². The molecule has 0 amide bonds. The molecule has 4 heterocycles. The standard InChI is InChI=1S/C54H32N2OS/c1-2-12-33(13-3-1)37-17-10-21-50-53(37)43-32-36(26-29-49(43)57-50)55-44-18-7-4-14-38(44)41-30-34(24-27-46(41)55)35-25-28-47-42(31-35)39-15-5-8-19-45(39)56(47)48-20-11-23-52-54(48)40-16-6-9-22-51(40)58-52/h1-32H/i1D,2D,3D,12D,13D. The predicted octanol–water partition coefficient (Wildman–Crippen LogP) is 15.5. The highest BCUT2D eigenvalue weighted by Crippen LogP contribution is 2.43. The first-order chi connectivity index (χ1) is 30.8. The Morgan fingerprint density at radius 3 is 1.83 bits per heavy atom. The van der Waals surface area contributed by atoms with Crippen LogP contribution in [0.3, 0.4) is 0 Å². The molecule has 0 saturated carbocycles. The number of benzene rings is 9. The number of aromatic nitrogens is 2. The number of rotatable bonds is 4. The van der Waals surface area contributed by atoms with Gasteiger partial charge in [-0.05, 0) is 101 Å². The number of hydrogen-bond acceptors (Lipinski definition) is 2. The van der Waals surface area contributed by atoms with Gasteiger partial charge >= 0.3 is 0 Å². The van der Waals surface area contributed by atoms with Crippen molar-refractivity contribution in [3.8, 4) is 33.6 Å². The summed E-state index contributed by atoms with van der Waals surface area (Å²) in [6.07, 6.45) is 0. The molecule has 3 nitrogen and oxygen atoms in total. The van der Waals surface area contributed by atoms with Crippen LogP contribution < -0.4 is 0 Å². The van der Waals surface area contributed by atoms with E-state index in [1.807, 2.05) is 23.5 Å². The number of para-hydroxylation sites is 2. The molecule has 9 aromatic carbocycles. The Balaban J connectivity index is 0.984. The summed E-state index contributed by atoms with van der Waals surface area (Å²) in [7, 11) is 0. The van der Waals surface area contributed by atoms with E-state index in [0.717, 1.165) is 49.5 Å². The van der Waals surface area contributed by atoms with Crippen LogP contribution in [0, 0.1) is 0 Å². The van der Waals surface area contributed by atoms with E-state index >= 15 is 0 Å². The summed E-state index contributed by atoms with van der Waals surface area (Å²) in [5.41, 5.74) is 10.7. The first-order valence-corrected chi connectivity index (χ1v) is 20.2. The summed E-state index contributed by atoms with van der Waals surface area (Å²) >= 11 is 1.84. The fourth-order valence-electron chi connectivity index (χ4n) is 9.33. The van der Waals surface area contributed by atoms with Gasteiger partial charge in [0.25, 0.3) is 0 Å². The zero-order valence-electron chi connectivity index (χ0n) is 35.8. The molecular formula is C54H32N2OS. The molecule has 58 heavy (non-hydrogen) atoms. The van der Waals surface area contributed by atoms with Crippen LogP contribution in [-0.2, 0) is 0 Å². The van der Waals surface area contributed by atoms with E-state index in [9.17, 15) is 0 Å². The van der Waals surface area contributed by atoms with Gasteiger partial charge in [-0.1, -0.05) is 115 Å². The number of fused-ring (bicyclic) bond motifs is 12. The maximum absolute atomic E-state index is 8.77. The number of furan rings is 1. The summed E-state index contributed by atoms with van der Waals surface area (Å²) in [5, 5.41) is 8.71. The number of hydrogen-bond donors (Lipinski definition) is 0. The molecule has 0 atom stereocenters. The highest BCUT2D eigenvalue weighted by Gasteiger charge is 2.20. The second-order valence-electron chi connectivity index (χ2n) is 14.9. The predicted molar refractivity (Wildman–Crippen MR) is 246 cm³/mol. The molecule has 4 heteroatoms. The largest absolute Gasteiger partial charge is 0.456 e. The zero-order chi connectivity index (χ0) is 42.2. The van der Waals surface area contributed by atoms with Gasteiger partial charge in [-0.15, -0.1) is 11.3 Å². The van der Waals surface area contributed by atoms with Gasteiger partial charge in [-0.25, -0.2) is 0 Å². The van der Waals surface area contributed by atoms with Crippen LogP contribution in [0.2, 0.25) is 0 Å². The van der Waals surface area contributed by atoms with Crippen molar-refractivity contribution in [1.29, 1.82) is 0 Å². The van der Waals surface area contributed by atoms with Crippen LogP contribution in [0.4, 0.5) is 0 Å². The van der Waals surface area contributed by atoms with Crippen LogP contribution in [-0.4, -0.2) is 9.13 Å². The minimum absolute atomic E-state index is 0.153. The molecule has 13 rings (SSSR count). The van der Waals surface area contributed by atoms with Gasteiger partial charge in [0.15, 0.2) is 0 Å². The summed E-state index contributed by atoms with van der Waals surface area (Å²) in [5.74, 6) is 0. The summed E-state index contributed by atoms with van der Waals surface area (Å²) < 4.78 is 56.1. The minimum Gasteiger partial charge on any atom is -0.456 e. The Morgan fingerprint density at radius 2 is 1.05 bits per heavy atom. The van der Waals surface area contributed by atoms with E-state index in [1.54, 1.807) is 12.1 Å². The maximum atomic E-state index is 8.77. The Morgan fingerprint density at radius 1 is 0.414 bits per heavy atom. The van der Waals surface area contributed by atoms with Gasteiger partial charge in [0, 0.05) is 58.2 Å². The SMILES string of the molecule is [2H]c1c([2H])c([2H])c(-c2cccc3oc4ccc(-n5c6ccccc6c6cc(-c7ccc8c(c7)c7ccccc7n8-c7cccc8sc9ccccc9c78)ccc65)cc4c23)c([2H])c1[2H]. The van der Waals surface area contributed by atoms with Gasteiger partial charge in [0.2, 0.25) is 0 Å². The molecular weight excluding hydrogens is 725 g/mol. The summed E-state index contributed by atoms with van der Waals surface area (Å²) in [6.45, 7) is 0. The highest BCUT2D eigenvalue weighted by atomic mass is 32.1. The lowest BCUT2D eigenvalue weighted by atomic mass is 9.99. The molecule has 0 bridgehead atoms. The van der Waals surface area contributed by atoms with Crippen molar-refractivity contribution in [3.63, 3.8) is 0 Å². The fraction of sp³-hybridized carbons (Fsp3) is 0. The maximum Gasteiger partial charge on any atom is 0.136 e. The Bertz CT molecular complexity index is 4090. The first kappa shape index (κ1) is 27.2. The molecule has 0 fully saturated rings. The lowest BCUT2D eigenvalue weighted by molar-refractivity contribution is 0.669. The minimum atomic E-state index is -0.417. The van der Waals surface area contributed by atoms with E-state index in [-0.39, 0.29) is 29.7 Å². The second-order valence-corrected chi connectivity index (χ2v) is 16.0. The van der Waals surface area contributed by atoms with E-state index in [4.69, 9.17) is 11.3 Å². The Kier molecular flexibility index (Phi) is 5.66. The zero-order valence-corrected chi connectivity index (χ0v) is 31.6. The molecule has 0 radical (unpaired) electrons. The quantitative estimate of drug-likeness (QED) is 0.175. The Hall–Kier alpha value is -7.40. The lowest BCUT2D eigenvalue weighted by Crippen LogP contribution is -1.94. The van der Waals surface area contributed by atoms with Crippen molar-refractivity contribution in [2.45, 2.75) is 0 Å². The van der Waals surface area contributed by atoms with Crippen molar-refractivity contribution in [1.82, 2.24) is 9.13 Å². The third-order valence-electron chi connectivity index (χ3n) is 11.8. The van der Waals surface area contributed by atoms with Crippen LogP contribution in [0.1, 0.15) is 6.85 Å². The van der Waals surface area contributed by atoms with Crippen molar-refractivity contribution < 1.29 is 11.3 Å². The van der Waals surface area contributed by atoms with Gasteiger partial charge in [-0.2, -0.15) is 0 Å². The summed E-state index contributed by atoms with van der Waals surface area (Å²) in [4.78, 5) is 0. The highest BCUT2D eigenvalue weighted by molar-refractivity contribution is 7.25. The molecule has 0 aliphatic heterocycles. The van der Waals surface area contributed by atoms with Crippen molar-refractivity contribution >= 4 is 97.1 Å². The average Bonchev–Trinajstić information content (AvgIpc) is 4.07. The molecule has 0 saturated heterocycles. The fourth-order valence-corrected chi connectivity index (χ4v) is 10.5. The second kappa shape index (κ2) is 12.1. The monoisotopic (exact) mass is 761 g/mol. The third-order valence-corrected chi connectivity index (χ3v) is 12.9. The van der Waals surface area contributed by atoms with Crippen LogP contribution >= 0.6 is 11.3 Å². The van der Waals surface area contributed by atoms with Gasteiger partial charge in [0.05, 0.1) is 34.6 Å². The van der Waals surface area contributed by atoms with Crippen molar-refractivity contribution in [2.75, 3.05) is 0 Å². The van der Waals surface area contributed by atoms with Gasteiger partial charge in [0.1, 0.15) is 11.2 Å². The first-order valence-electron chi connectivity index (χ1n) is 21.8. The lowest BCUT2D eigenvalue weighted by Gasteiger charge is -2.11. The number of nitrogens with zero attached hydrogens (tertiary/aromatic N) is 2. The van der Waals surface area contributed by atoms with Crippen LogP contribution in [0.5, 0.6) is 0 Å². The van der Waals surface area contributed by atoms with E-state index in [2.05, 4.69) is 149 Å². The third kappa shape index (κ3) is 4.49. The molecule has 0 aliphatic rings. The Labute approximate surface area is 343 Å². The van der Waals surface area contributed by atoms with Crippen molar-refractivity contribution in [3.05, 3.63) is 194 Å². The van der Waals surface area contributed by atoms with Gasteiger partial charge in [-0.3, -0.25) is 0 Å². The molecule has 0 aliphatic carbocycles. The molecule has 0 N–H and O–H groups in total. The molecule has 0 spiro atoms. The topological polar surface area (TPSA) is 23.0 Å². The van der Waals surface area contributed by atoms with Gasteiger partial charge < -0.3 is 13.6 Å². The summed E-state index contributed by atoms with van der Waals surface area (Å²) in [6, 6.07) is 56.0. The molecule has 13 aromatic rings. The average molecular weight is 762 g/mol. The van der Waals surface area contributed by atoms with Crippen molar-refractivity contribution in [2.24, 2.45) is 0 Å². The van der Waals surface area contributed by atoms with E-state index in [0.29, 0.717) is 22.1 Å². The molecule has 270 valence electrons. The van der Waals surface area contributed by atoms with E-state index in [1.165, 1.54) is 42.1 Å². The normalized spacial score (nSPS) is 13.3. The van der Waals surface area contributed by atoms with Crippen LogP contribution in [0.15, 0.2) is 198 Å². The smallest absolute Gasteiger partial charge is 0.136 e. The molecule has 0 unspecified atom stereocenters. The van der Waals surface area contributed by atoms with E-state index < -0.39 is 6.04 Å². The number of thiophene rings is 1. The molecule has 4 aromatic heterocycles.